The van der Waals surface area contributed by atoms with Gasteiger partial charge in [0, 0.05) is 0 Å². The van der Waals surface area contributed by atoms with Crippen LogP contribution < -0.4 is 0 Å². The van der Waals surface area contributed by atoms with Gasteiger partial charge in [-0.2, -0.15) is 0 Å². The maximum absolute atomic E-state index is 10.8. The highest BCUT2D eigenvalue weighted by Gasteiger charge is 2.26. The summed E-state index contributed by atoms with van der Waals surface area (Å²) in [6, 6.07) is 0. The fourth-order valence-electron chi connectivity index (χ4n) is 0.842. The highest BCUT2D eigenvalue weighted by molar-refractivity contribution is 6.74. The van der Waals surface area contributed by atoms with Crippen LogP contribution in [0.1, 0.15) is 31.3 Å². The molecule has 0 saturated heterocycles. The van der Waals surface area contributed by atoms with Crippen LogP contribution in [0.4, 0.5) is 0 Å². The number of furan rings is 1. The van der Waals surface area contributed by atoms with Crippen molar-refractivity contribution in [2.24, 2.45) is 0 Å². The molecule has 7 heteroatoms. The van der Waals surface area contributed by atoms with E-state index < -0.39 is 27.1 Å². The first-order valence-corrected chi connectivity index (χ1v) is 4.29. The molecule has 1 heterocycles. The first-order valence-electron chi connectivity index (χ1n) is 3.16. The topological polar surface area (TPSA) is 64.3 Å². The van der Waals surface area contributed by atoms with Gasteiger partial charge < -0.3 is 4.42 Å². The van der Waals surface area contributed by atoms with Crippen LogP contribution in [0.3, 0.4) is 0 Å². The second-order valence-corrected chi connectivity index (χ2v) is 3.20. The Hall–Kier alpha value is -0.840. The molecule has 0 bridgehead atoms. The van der Waals surface area contributed by atoms with Gasteiger partial charge in [-0.25, -0.2) is 0 Å². The molecule has 0 spiro atoms. The molecule has 1 aromatic rings. The highest BCUT2D eigenvalue weighted by Crippen LogP contribution is 2.22. The molecule has 0 radical (unpaired) electrons. The van der Waals surface area contributed by atoms with E-state index in [2.05, 4.69) is 4.42 Å². The van der Waals surface area contributed by atoms with Gasteiger partial charge in [0.05, 0.1) is 11.1 Å². The third-order valence-electron chi connectivity index (χ3n) is 1.38. The highest BCUT2D eigenvalue weighted by atomic mass is 35.5. The van der Waals surface area contributed by atoms with E-state index >= 15 is 0 Å². The molecule has 0 aromatic carbocycles. The van der Waals surface area contributed by atoms with Gasteiger partial charge in [-0.1, -0.05) is 0 Å². The Balaban J connectivity index is 3.42. The number of hydrogen-bond acceptors (Lipinski definition) is 4. The van der Waals surface area contributed by atoms with Crippen molar-refractivity contribution in [1.29, 1.82) is 0 Å². The van der Waals surface area contributed by atoms with E-state index in [1.807, 2.05) is 0 Å². The third kappa shape index (κ3) is 1.97. The van der Waals surface area contributed by atoms with Crippen LogP contribution in [0, 0.1) is 0 Å². The molecule has 14 heavy (non-hydrogen) atoms. The van der Waals surface area contributed by atoms with E-state index in [9.17, 15) is 14.4 Å². The largest absolute Gasteiger partial charge is 0.458 e. The quantitative estimate of drug-likeness (QED) is 0.778. The van der Waals surface area contributed by atoms with Crippen LogP contribution >= 0.6 is 34.8 Å². The Kier molecular flexibility index (Phi) is 3.31. The second kappa shape index (κ2) is 4.13. The van der Waals surface area contributed by atoms with Crippen molar-refractivity contribution in [2.75, 3.05) is 0 Å². The SMILES string of the molecule is O=C(Cl)c1coc(C(=O)Cl)c1C(=O)Cl. The van der Waals surface area contributed by atoms with E-state index in [0.717, 1.165) is 6.26 Å². The van der Waals surface area contributed by atoms with Crippen molar-refractivity contribution >= 4 is 50.5 Å². The summed E-state index contributed by atoms with van der Waals surface area (Å²) < 4.78 is 4.59. The van der Waals surface area contributed by atoms with Crippen LogP contribution in [0.15, 0.2) is 10.7 Å². The molecular formula is C7HCl3O4. The van der Waals surface area contributed by atoms with E-state index in [-0.39, 0.29) is 5.56 Å². The molecule has 0 aliphatic heterocycles. The molecular weight excluding hydrogens is 254 g/mol. The maximum atomic E-state index is 10.8. The first-order chi connectivity index (χ1) is 6.45. The number of carbonyl (C=O) groups is 3. The zero-order valence-corrected chi connectivity index (χ0v) is 8.61. The number of halogens is 3. The van der Waals surface area contributed by atoms with Gasteiger partial charge in [-0.3, -0.25) is 14.4 Å². The molecule has 0 aliphatic carbocycles. The minimum atomic E-state index is -1.04. The van der Waals surface area contributed by atoms with Gasteiger partial charge in [0.25, 0.3) is 15.7 Å². The van der Waals surface area contributed by atoms with E-state index in [4.69, 9.17) is 34.8 Å². The molecule has 1 aromatic heterocycles. The van der Waals surface area contributed by atoms with Crippen molar-refractivity contribution in [2.45, 2.75) is 0 Å². The second-order valence-electron chi connectivity index (χ2n) is 2.17. The summed E-state index contributed by atoms with van der Waals surface area (Å²) >= 11 is 15.3. The van der Waals surface area contributed by atoms with Crippen LogP contribution in [-0.4, -0.2) is 15.7 Å². The van der Waals surface area contributed by atoms with Crippen molar-refractivity contribution < 1.29 is 18.8 Å². The average molecular weight is 255 g/mol. The first kappa shape index (κ1) is 11.2. The van der Waals surface area contributed by atoms with E-state index in [1.165, 1.54) is 0 Å². The van der Waals surface area contributed by atoms with Crippen molar-refractivity contribution in [3.63, 3.8) is 0 Å². The maximum Gasteiger partial charge on any atom is 0.288 e. The summed E-state index contributed by atoms with van der Waals surface area (Å²) in [5.41, 5.74) is -0.692. The lowest BCUT2D eigenvalue weighted by Crippen LogP contribution is -2.02. The average Bonchev–Trinajstić information content (AvgIpc) is 2.46. The van der Waals surface area contributed by atoms with Crippen LogP contribution in [0.25, 0.3) is 0 Å². The van der Waals surface area contributed by atoms with E-state index in [0.29, 0.717) is 0 Å². The lowest BCUT2D eigenvalue weighted by atomic mass is 10.2. The van der Waals surface area contributed by atoms with Gasteiger partial charge in [-0.05, 0) is 34.8 Å². The van der Waals surface area contributed by atoms with Crippen molar-refractivity contribution in [1.82, 2.24) is 0 Å². The molecule has 0 unspecified atom stereocenters. The van der Waals surface area contributed by atoms with Gasteiger partial charge in [0.1, 0.15) is 6.26 Å². The molecule has 0 N–H and O–H groups in total. The third-order valence-corrected chi connectivity index (χ3v) is 1.94. The zero-order valence-electron chi connectivity index (χ0n) is 6.34. The molecule has 0 aliphatic rings. The molecule has 0 fully saturated rings. The van der Waals surface area contributed by atoms with Gasteiger partial charge in [0.2, 0.25) is 0 Å². The van der Waals surface area contributed by atoms with Crippen molar-refractivity contribution in [3.05, 3.63) is 23.2 Å². The van der Waals surface area contributed by atoms with Crippen molar-refractivity contribution in [3.8, 4) is 0 Å². The predicted molar refractivity (Wildman–Crippen MR) is 49.3 cm³/mol. The minimum absolute atomic E-state index is 0.282. The Bertz CT molecular complexity index is 389. The Morgan fingerprint density at radius 1 is 1.00 bits per heavy atom. The van der Waals surface area contributed by atoms with Gasteiger partial charge >= 0.3 is 0 Å². The number of hydrogen-bond donors (Lipinski definition) is 0. The number of carbonyl (C=O) groups excluding carboxylic acids is 3. The standard InChI is InChI=1S/C7HCl3O4/c8-5(11)2-1-14-4(7(10)13)3(2)6(9)12/h1H. The predicted octanol–water partition coefficient (Wildman–Crippen LogP) is 2.42. The monoisotopic (exact) mass is 254 g/mol. The summed E-state index contributed by atoms with van der Waals surface area (Å²) in [6.07, 6.45) is 0.848. The molecule has 74 valence electrons. The Morgan fingerprint density at radius 2 is 1.57 bits per heavy atom. The summed E-state index contributed by atoms with van der Waals surface area (Å²) in [5.74, 6) is -0.490. The van der Waals surface area contributed by atoms with Gasteiger partial charge in [-0.15, -0.1) is 0 Å². The summed E-state index contributed by atoms with van der Waals surface area (Å²) in [4.78, 5) is 32.3. The normalized spacial score (nSPS) is 9.93. The fourth-order valence-corrected chi connectivity index (χ4v) is 1.31. The summed E-state index contributed by atoms with van der Waals surface area (Å²) in [5, 5.41) is -3.02. The Morgan fingerprint density at radius 3 is 1.93 bits per heavy atom. The molecule has 0 atom stereocenters. The van der Waals surface area contributed by atoms with Gasteiger partial charge in [0.15, 0.2) is 5.76 Å². The molecule has 0 saturated carbocycles. The van der Waals surface area contributed by atoms with Crippen LogP contribution in [0.5, 0.6) is 0 Å². The fraction of sp³-hybridized carbons (Fsp3) is 0. The lowest BCUT2D eigenvalue weighted by Gasteiger charge is -1.92. The zero-order chi connectivity index (χ0) is 10.9. The summed E-state index contributed by atoms with van der Waals surface area (Å²) in [6.45, 7) is 0. The smallest absolute Gasteiger partial charge is 0.288 e. The molecule has 4 nitrogen and oxygen atoms in total. The minimum Gasteiger partial charge on any atom is -0.458 e. The van der Waals surface area contributed by atoms with E-state index in [1.54, 1.807) is 0 Å². The lowest BCUT2D eigenvalue weighted by molar-refractivity contribution is 0.103. The molecule has 1 rings (SSSR count). The summed E-state index contributed by atoms with van der Waals surface area (Å²) in [7, 11) is 0. The van der Waals surface area contributed by atoms with Crippen LogP contribution in [-0.2, 0) is 0 Å². The molecule has 0 amide bonds. The number of rotatable bonds is 3. The van der Waals surface area contributed by atoms with Crippen LogP contribution in [0.2, 0.25) is 0 Å². The Labute approximate surface area is 92.7 Å².